The number of phosphoric ester groups is 1. The second kappa shape index (κ2) is 8.06. The van der Waals surface area contributed by atoms with Crippen LogP contribution in [0.15, 0.2) is 24.3 Å². The number of non-ortho nitro benzene ring substituents is 1. The zero-order valence-corrected chi connectivity index (χ0v) is 12.9. The lowest BCUT2D eigenvalue weighted by Gasteiger charge is -2.21. The number of nitro benzene ring substituents is 1. The van der Waals surface area contributed by atoms with Gasteiger partial charge in [-0.2, -0.15) is 0 Å². The smallest absolute Gasteiger partial charge is 0.404 e. The number of rotatable bonds is 5. The summed E-state index contributed by atoms with van der Waals surface area (Å²) < 4.78 is 15.4. The number of hydrogen-bond acceptors (Lipinski definition) is 5. The first-order valence-electron chi connectivity index (χ1n) is 5.85. The Kier molecular flexibility index (Phi) is 7.48. The van der Waals surface area contributed by atoms with Crippen molar-refractivity contribution in [3.63, 3.8) is 0 Å². The third-order valence-corrected chi connectivity index (χ3v) is 2.49. The van der Waals surface area contributed by atoms with Crippen molar-refractivity contribution in [3.05, 3.63) is 34.4 Å². The minimum Gasteiger partial charge on any atom is -0.404 e. The molecule has 0 aromatic heterocycles. The molecular weight excluding hydrogens is 303 g/mol. The average molecular weight is 323 g/mol. The van der Waals surface area contributed by atoms with Gasteiger partial charge in [0.2, 0.25) is 0 Å². The van der Waals surface area contributed by atoms with Gasteiger partial charge in [-0.05, 0) is 12.1 Å². The maximum absolute atomic E-state index is 10.4. The number of benzene rings is 1. The summed E-state index contributed by atoms with van der Waals surface area (Å²) in [4.78, 5) is 26.4. The third-order valence-electron chi connectivity index (χ3n) is 2.04. The van der Waals surface area contributed by atoms with E-state index in [-0.39, 0.29) is 18.0 Å². The Bertz CT molecular complexity index is 492. The Morgan fingerprint density at radius 3 is 1.95 bits per heavy atom. The summed E-state index contributed by atoms with van der Waals surface area (Å²) in [6.07, 6.45) is 0. The lowest BCUT2D eigenvalue weighted by Crippen LogP contribution is -2.36. The Morgan fingerprint density at radius 1 is 1.24 bits per heavy atom. The van der Waals surface area contributed by atoms with Crippen LogP contribution in [-0.4, -0.2) is 58.6 Å². The summed E-state index contributed by atoms with van der Waals surface area (Å²) in [5, 5.41) is 18.6. The molecule has 0 radical (unpaired) electrons. The largest absolute Gasteiger partial charge is 0.524 e. The number of phosphoric acid groups is 1. The number of hydrogen-bond donors (Lipinski definition) is 3. The van der Waals surface area contributed by atoms with Crippen LogP contribution in [0.1, 0.15) is 0 Å². The van der Waals surface area contributed by atoms with E-state index in [0.29, 0.717) is 0 Å². The number of likely N-dealkylation sites (N-methyl/N-ethyl adjacent to an activating group) is 1. The predicted octanol–water partition coefficient (Wildman–Crippen LogP) is 0.751. The van der Waals surface area contributed by atoms with E-state index in [4.69, 9.17) is 14.9 Å². The second-order valence-electron chi connectivity index (χ2n) is 5.07. The van der Waals surface area contributed by atoms with Crippen molar-refractivity contribution in [2.75, 3.05) is 34.3 Å². The van der Waals surface area contributed by atoms with Crippen molar-refractivity contribution < 1.29 is 33.4 Å². The molecule has 21 heavy (non-hydrogen) atoms. The minimum atomic E-state index is -4.60. The van der Waals surface area contributed by atoms with Gasteiger partial charge in [0.1, 0.15) is 12.3 Å². The molecule has 0 unspecified atom stereocenters. The monoisotopic (exact) mass is 323 g/mol. The quantitative estimate of drug-likeness (QED) is 0.315. The molecular formula is C11H20N2O7P+. The molecule has 0 fully saturated rings. The fourth-order valence-electron chi connectivity index (χ4n) is 1.07. The van der Waals surface area contributed by atoms with Crippen LogP contribution in [-0.2, 0) is 4.57 Å². The molecule has 0 saturated carbocycles. The summed E-state index contributed by atoms with van der Waals surface area (Å²) in [6.45, 7) is 1.11. The average Bonchev–Trinajstić information content (AvgIpc) is 2.26. The second-order valence-corrected chi connectivity index (χ2v) is 6.23. The van der Waals surface area contributed by atoms with Crippen molar-refractivity contribution >= 4 is 13.5 Å². The van der Waals surface area contributed by atoms with Crippen LogP contribution < -0.4 is 4.52 Å². The van der Waals surface area contributed by atoms with Crippen LogP contribution in [0.3, 0.4) is 0 Å². The SMILES string of the molecule is C[N+](C)(C)CCO.O=[N+]([O-])c1ccc(OP(=O)(O)O)cc1. The summed E-state index contributed by atoms with van der Waals surface area (Å²) in [7, 11) is 1.56. The number of quaternary nitrogens is 1. The summed E-state index contributed by atoms with van der Waals surface area (Å²) >= 11 is 0. The van der Waals surface area contributed by atoms with Gasteiger partial charge in [0, 0.05) is 12.1 Å². The highest BCUT2D eigenvalue weighted by Gasteiger charge is 2.16. The zero-order chi connectivity index (χ0) is 16.7. The Labute approximate surface area is 122 Å². The number of aliphatic hydroxyl groups is 1. The summed E-state index contributed by atoms with van der Waals surface area (Å²) in [6, 6.07) is 4.39. The molecule has 1 aromatic carbocycles. The Morgan fingerprint density at radius 2 is 1.71 bits per heavy atom. The van der Waals surface area contributed by atoms with E-state index < -0.39 is 12.7 Å². The standard InChI is InChI=1S/C6H6NO6P.C5H14NO/c8-7(9)5-1-3-6(4-2-5)13-14(10,11)12;1-6(2,3)4-5-7/h1-4H,(H2,10,11,12);7H,4-5H2,1-3H3/q;+1. The van der Waals surface area contributed by atoms with E-state index in [9.17, 15) is 14.7 Å². The van der Waals surface area contributed by atoms with Gasteiger partial charge in [0.15, 0.2) is 0 Å². The van der Waals surface area contributed by atoms with E-state index in [1.165, 1.54) is 0 Å². The molecule has 0 spiro atoms. The summed E-state index contributed by atoms with van der Waals surface area (Å²) in [5.41, 5.74) is -0.178. The maximum atomic E-state index is 10.4. The van der Waals surface area contributed by atoms with E-state index in [1.807, 2.05) is 0 Å². The minimum absolute atomic E-state index is 0.121. The van der Waals surface area contributed by atoms with Crippen molar-refractivity contribution in [1.29, 1.82) is 0 Å². The molecule has 0 aliphatic rings. The molecule has 1 aromatic rings. The Balaban J connectivity index is 0.000000486. The molecule has 3 N–H and O–H groups in total. The molecule has 0 atom stereocenters. The molecule has 0 amide bonds. The third kappa shape index (κ3) is 10.9. The maximum Gasteiger partial charge on any atom is 0.524 e. The van der Waals surface area contributed by atoms with E-state index >= 15 is 0 Å². The first-order valence-corrected chi connectivity index (χ1v) is 7.38. The molecule has 0 aliphatic carbocycles. The van der Waals surface area contributed by atoms with Crippen LogP contribution in [0, 0.1) is 10.1 Å². The highest BCUT2D eigenvalue weighted by atomic mass is 31.2. The lowest BCUT2D eigenvalue weighted by molar-refractivity contribution is -0.870. The molecule has 1 rings (SSSR count). The molecule has 0 saturated heterocycles. The number of nitro groups is 1. The van der Waals surface area contributed by atoms with Crippen molar-refractivity contribution in [3.8, 4) is 5.75 Å². The van der Waals surface area contributed by atoms with E-state index in [2.05, 4.69) is 25.7 Å². The molecule has 9 nitrogen and oxygen atoms in total. The fraction of sp³-hybridized carbons (Fsp3) is 0.455. The molecule has 0 aliphatic heterocycles. The van der Waals surface area contributed by atoms with Crippen molar-refractivity contribution in [2.45, 2.75) is 0 Å². The molecule has 0 heterocycles. The van der Waals surface area contributed by atoms with Gasteiger partial charge in [0.25, 0.3) is 5.69 Å². The fourth-order valence-corrected chi connectivity index (χ4v) is 1.46. The molecule has 120 valence electrons. The predicted molar refractivity (Wildman–Crippen MR) is 75.8 cm³/mol. The van der Waals surface area contributed by atoms with Crippen LogP contribution in [0.2, 0.25) is 0 Å². The highest BCUT2D eigenvalue weighted by molar-refractivity contribution is 7.46. The highest BCUT2D eigenvalue weighted by Crippen LogP contribution is 2.37. The van der Waals surface area contributed by atoms with Gasteiger partial charge in [-0.15, -0.1) is 0 Å². The van der Waals surface area contributed by atoms with Crippen LogP contribution in [0.25, 0.3) is 0 Å². The van der Waals surface area contributed by atoms with E-state index in [1.54, 1.807) is 0 Å². The van der Waals surface area contributed by atoms with Gasteiger partial charge in [-0.3, -0.25) is 19.9 Å². The van der Waals surface area contributed by atoms with Gasteiger partial charge < -0.3 is 14.1 Å². The number of aliphatic hydroxyl groups excluding tert-OH is 1. The first-order chi connectivity index (χ1) is 9.44. The first kappa shape index (κ1) is 19.5. The molecule has 10 heteroatoms. The summed E-state index contributed by atoms with van der Waals surface area (Å²) in [5.74, 6) is -0.121. The van der Waals surface area contributed by atoms with Gasteiger partial charge in [0.05, 0.1) is 32.7 Å². The van der Waals surface area contributed by atoms with E-state index in [0.717, 1.165) is 35.3 Å². The number of nitrogens with zero attached hydrogens (tertiary/aromatic N) is 2. The van der Waals surface area contributed by atoms with Gasteiger partial charge in [-0.1, -0.05) is 0 Å². The topological polar surface area (TPSA) is 130 Å². The lowest BCUT2D eigenvalue weighted by atomic mass is 10.3. The zero-order valence-electron chi connectivity index (χ0n) is 12.0. The van der Waals surface area contributed by atoms with Gasteiger partial charge in [-0.25, -0.2) is 4.57 Å². The van der Waals surface area contributed by atoms with Gasteiger partial charge >= 0.3 is 7.82 Å². The Hall–Kier alpha value is -1.51. The normalized spacial score (nSPS) is 11.3. The van der Waals surface area contributed by atoms with Crippen LogP contribution in [0.4, 0.5) is 5.69 Å². The van der Waals surface area contributed by atoms with Crippen molar-refractivity contribution in [1.82, 2.24) is 0 Å². The van der Waals surface area contributed by atoms with Crippen molar-refractivity contribution in [2.24, 2.45) is 0 Å². The van der Waals surface area contributed by atoms with Crippen LogP contribution in [0.5, 0.6) is 5.75 Å². The van der Waals surface area contributed by atoms with Crippen LogP contribution >= 0.6 is 7.82 Å². The molecule has 0 bridgehead atoms.